The van der Waals surface area contributed by atoms with Crippen molar-refractivity contribution in [1.82, 2.24) is 5.32 Å². The van der Waals surface area contributed by atoms with Crippen LogP contribution in [0.4, 0.5) is 0 Å². The van der Waals surface area contributed by atoms with Crippen molar-refractivity contribution in [3.63, 3.8) is 0 Å². The third-order valence-electron chi connectivity index (χ3n) is 4.12. The smallest absolute Gasteiger partial charge is 0.317 e. The summed E-state index contributed by atoms with van der Waals surface area (Å²) in [6.45, 7) is 1.84. The van der Waals surface area contributed by atoms with Gasteiger partial charge in [0.15, 0.2) is 6.10 Å². The predicted octanol–water partition coefficient (Wildman–Crippen LogP) is 3.11. The first-order valence-corrected chi connectivity index (χ1v) is 9.34. The van der Waals surface area contributed by atoms with Crippen LogP contribution < -0.4 is 5.32 Å². The van der Waals surface area contributed by atoms with Gasteiger partial charge in [0.25, 0.3) is 5.91 Å². The summed E-state index contributed by atoms with van der Waals surface area (Å²) in [4.78, 5) is 25.0. The van der Waals surface area contributed by atoms with Gasteiger partial charge < -0.3 is 14.5 Å². The first-order chi connectivity index (χ1) is 12.1. The van der Waals surface area contributed by atoms with Crippen molar-refractivity contribution in [3.05, 3.63) is 53.5 Å². The second-order valence-electron chi connectivity index (χ2n) is 6.00. The Morgan fingerprint density at radius 3 is 2.92 bits per heavy atom. The third-order valence-corrected chi connectivity index (χ3v) is 5.09. The molecule has 1 aliphatic carbocycles. The lowest BCUT2D eigenvalue weighted by atomic mass is 10.1. The van der Waals surface area contributed by atoms with E-state index in [1.54, 1.807) is 25.3 Å². The molecule has 5 nitrogen and oxygen atoms in total. The Morgan fingerprint density at radius 2 is 2.12 bits per heavy atom. The molecule has 0 aliphatic heterocycles. The van der Waals surface area contributed by atoms with Crippen molar-refractivity contribution < 1.29 is 18.7 Å². The Hall–Kier alpha value is -2.21. The second-order valence-corrected chi connectivity index (χ2v) is 7.05. The SMILES string of the molecule is C[C@@H](OC(=O)CSc1ccc2c(c1)CCC2)C(=O)NCc1ccco1. The van der Waals surface area contributed by atoms with E-state index in [9.17, 15) is 9.59 Å². The quantitative estimate of drug-likeness (QED) is 0.608. The molecular weight excluding hydrogens is 338 g/mol. The number of nitrogens with one attached hydrogen (secondary N) is 1. The monoisotopic (exact) mass is 359 g/mol. The summed E-state index contributed by atoms with van der Waals surface area (Å²) in [5.41, 5.74) is 2.79. The molecule has 1 aromatic heterocycles. The molecule has 0 spiro atoms. The largest absolute Gasteiger partial charge is 0.467 e. The number of amides is 1. The maximum atomic E-state index is 12.0. The van der Waals surface area contributed by atoms with Crippen molar-refractivity contribution >= 4 is 23.6 Å². The van der Waals surface area contributed by atoms with Crippen molar-refractivity contribution in [2.24, 2.45) is 0 Å². The molecule has 3 rings (SSSR count). The Balaban J connectivity index is 1.41. The van der Waals surface area contributed by atoms with Gasteiger partial charge in [0, 0.05) is 4.90 Å². The fourth-order valence-corrected chi connectivity index (χ4v) is 3.54. The molecule has 1 N–H and O–H groups in total. The van der Waals surface area contributed by atoms with Crippen LogP contribution in [0.2, 0.25) is 0 Å². The van der Waals surface area contributed by atoms with Crippen molar-refractivity contribution in [1.29, 1.82) is 0 Å². The van der Waals surface area contributed by atoms with E-state index in [1.165, 1.54) is 29.3 Å². The van der Waals surface area contributed by atoms with Gasteiger partial charge in [0.2, 0.25) is 0 Å². The van der Waals surface area contributed by atoms with E-state index in [0.717, 1.165) is 17.7 Å². The van der Waals surface area contributed by atoms with E-state index in [0.29, 0.717) is 5.76 Å². The second kappa shape index (κ2) is 8.25. The van der Waals surface area contributed by atoms with Gasteiger partial charge in [-0.3, -0.25) is 9.59 Å². The zero-order chi connectivity index (χ0) is 17.6. The summed E-state index contributed by atoms with van der Waals surface area (Å²) in [6, 6.07) is 9.85. The average molecular weight is 359 g/mol. The van der Waals surface area contributed by atoms with Crippen LogP contribution >= 0.6 is 11.8 Å². The number of rotatable bonds is 7. The predicted molar refractivity (Wildman–Crippen MR) is 95.3 cm³/mol. The highest BCUT2D eigenvalue weighted by Gasteiger charge is 2.18. The van der Waals surface area contributed by atoms with Gasteiger partial charge >= 0.3 is 5.97 Å². The molecule has 0 saturated heterocycles. The van der Waals surface area contributed by atoms with Crippen LogP contribution in [0.15, 0.2) is 45.9 Å². The van der Waals surface area contributed by atoms with Crippen LogP contribution in [-0.4, -0.2) is 23.7 Å². The molecule has 0 radical (unpaired) electrons. The van der Waals surface area contributed by atoms with E-state index in [1.807, 2.05) is 6.07 Å². The van der Waals surface area contributed by atoms with Gasteiger partial charge in [-0.2, -0.15) is 0 Å². The van der Waals surface area contributed by atoms with Gasteiger partial charge in [-0.15, -0.1) is 11.8 Å². The van der Waals surface area contributed by atoms with Gasteiger partial charge in [0.05, 0.1) is 18.6 Å². The van der Waals surface area contributed by atoms with E-state index in [2.05, 4.69) is 17.4 Å². The topological polar surface area (TPSA) is 68.5 Å². The molecule has 0 bridgehead atoms. The molecule has 132 valence electrons. The highest BCUT2D eigenvalue weighted by atomic mass is 32.2. The maximum Gasteiger partial charge on any atom is 0.317 e. The van der Waals surface area contributed by atoms with Gasteiger partial charge in [0.1, 0.15) is 5.76 Å². The summed E-state index contributed by atoms with van der Waals surface area (Å²) in [6.07, 6.45) is 4.17. The number of benzene rings is 1. The van der Waals surface area contributed by atoms with Crippen LogP contribution in [0.1, 0.15) is 30.2 Å². The molecule has 1 aromatic carbocycles. The van der Waals surface area contributed by atoms with Crippen LogP contribution in [0, 0.1) is 0 Å². The number of esters is 1. The number of thioether (sulfide) groups is 1. The molecule has 2 aromatic rings. The molecule has 1 heterocycles. The number of carbonyl (C=O) groups excluding carboxylic acids is 2. The Bertz CT molecular complexity index is 742. The number of furan rings is 1. The molecule has 6 heteroatoms. The molecule has 1 atom stereocenters. The van der Waals surface area contributed by atoms with Crippen LogP contribution in [0.3, 0.4) is 0 Å². The van der Waals surface area contributed by atoms with E-state index >= 15 is 0 Å². The standard InChI is InChI=1S/C19H21NO4S/c1-13(19(22)20-11-16-6-3-9-23-16)24-18(21)12-25-17-8-7-14-4-2-5-15(14)10-17/h3,6-10,13H,2,4-5,11-12H2,1H3,(H,20,22)/t13-/m1/s1. The minimum absolute atomic E-state index is 0.189. The van der Waals surface area contributed by atoms with Crippen LogP contribution in [-0.2, 0) is 33.7 Å². The zero-order valence-electron chi connectivity index (χ0n) is 14.1. The number of hydrogen-bond acceptors (Lipinski definition) is 5. The molecule has 0 fully saturated rings. The summed E-state index contributed by atoms with van der Waals surface area (Å²) >= 11 is 1.44. The lowest BCUT2D eigenvalue weighted by Crippen LogP contribution is -2.35. The molecule has 0 unspecified atom stereocenters. The Morgan fingerprint density at radius 1 is 1.28 bits per heavy atom. The molecular formula is C19H21NO4S. The van der Waals surface area contributed by atoms with Gasteiger partial charge in [-0.1, -0.05) is 6.07 Å². The zero-order valence-corrected chi connectivity index (χ0v) is 14.9. The summed E-state index contributed by atoms with van der Waals surface area (Å²) < 4.78 is 10.3. The van der Waals surface area contributed by atoms with Crippen molar-refractivity contribution in [3.8, 4) is 0 Å². The normalized spacial score (nSPS) is 14.0. The summed E-state index contributed by atoms with van der Waals surface area (Å²) in [7, 11) is 0. The van der Waals surface area contributed by atoms with Crippen molar-refractivity contribution in [2.75, 3.05) is 5.75 Å². The summed E-state index contributed by atoms with van der Waals surface area (Å²) in [5, 5.41) is 2.68. The first kappa shape index (κ1) is 17.6. The third kappa shape index (κ3) is 4.89. The van der Waals surface area contributed by atoms with Crippen LogP contribution in [0.25, 0.3) is 0 Å². The molecule has 1 amide bonds. The van der Waals surface area contributed by atoms with E-state index in [-0.39, 0.29) is 18.2 Å². The fraction of sp³-hybridized carbons (Fsp3) is 0.368. The lowest BCUT2D eigenvalue weighted by molar-refractivity contribution is -0.152. The molecule has 1 aliphatic rings. The van der Waals surface area contributed by atoms with Crippen molar-refractivity contribution in [2.45, 2.75) is 43.7 Å². The minimum atomic E-state index is -0.830. The highest BCUT2D eigenvalue weighted by molar-refractivity contribution is 8.00. The minimum Gasteiger partial charge on any atom is -0.467 e. The Kier molecular flexibility index (Phi) is 5.81. The van der Waals surface area contributed by atoms with Gasteiger partial charge in [-0.25, -0.2) is 0 Å². The van der Waals surface area contributed by atoms with Crippen LogP contribution in [0.5, 0.6) is 0 Å². The molecule has 25 heavy (non-hydrogen) atoms. The number of fused-ring (bicyclic) bond motifs is 1. The first-order valence-electron chi connectivity index (χ1n) is 8.36. The van der Waals surface area contributed by atoms with Gasteiger partial charge in [-0.05, 0) is 61.6 Å². The fourth-order valence-electron chi connectivity index (χ4n) is 2.80. The highest BCUT2D eigenvalue weighted by Crippen LogP contribution is 2.27. The maximum absolute atomic E-state index is 12.0. The summed E-state index contributed by atoms with van der Waals surface area (Å²) in [5.74, 6) is 0.103. The molecule has 0 saturated carbocycles. The number of hydrogen-bond donors (Lipinski definition) is 1. The average Bonchev–Trinajstić information content (AvgIpc) is 3.28. The number of ether oxygens (including phenoxy) is 1. The number of aryl methyl sites for hydroxylation is 2. The van der Waals surface area contributed by atoms with E-state index < -0.39 is 12.1 Å². The number of carbonyl (C=O) groups is 2. The van der Waals surface area contributed by atoms with E-state index in [4.69, 9.17) is 9.15 Å². The lowest BCUT2D eigenvalue weighted by Gasteiger charge is -2.13. The Labute approximate surface area is 151 Å².